The van der Waals surface area contributed by atoms with Crippen LogP contribution in [0.25, 0.3) is 0 Å². The fraction of sp³-hybridized carbons (Fsp3) is 0.300. The van der Waals surface area contributed by atoms with Crippen molar-refractivity contribution in [2.75, 3.05) is 14.2 Å². The quantitative estimate of drug-likeness (QED) is 0.468. The number of rotatable bonds is 7. The number of nitrogens with zero attached hydrogens (tertiary/aromatic N) is 1. The van der Waals surface area contributed by atoms with E-state index >= 15 is 0 Å². The van der Waals surface area contributed by atoms with Gasteiger partial charge in [0.15, 0.2) is 6.10 Å². The molecule has 0 saturated carbocycles. The lowest BCUT2D eigenvalue weighted by Gasteiger charge is -2.15. The third kappa shape index (κ3) is 4.61. The van der Waals surface area contributed by atoms with Gasteiger partial charge in [0.2, 0.25) is 0 Å². The molecule has 0 saturated heterocycles. The molecule has 0 aromatic heterocycles. The van der Waals surface area contributed by atoms with Gasteiger partial charge in [0, 0.05) is 0 Å². The molecule has 1 N–H and O–H groups in total. The van der Waals surface area contributed by atoms with E-state index < -0.39 is 12.1 Å². The summed E-state index contributed by atoms with van der Waals surface area (Å²) in [6.07, 6.45) is -1.34. The second kappa shape index (κ2) is 9.01. The number of carbonyl (C=O) groups excluding carboxylic acids is 1. The van der Waals surface area contributed by atoms with Gasteiger partial charge in [-0.05, 0) is 54.3 Å². The smallest absolute Gasteiger partial charge is 0.339 e. The topological polar surface area (TPSA) is 77.4 Å². The molecule has 0 aliphatic rings. The van der Waals surface area contributed by atoms with Gasteiger partial charge < -0.3 is 19.4 Å². The molecular weight excluding hydrogens is 334 g/mol. The van der Waals surface area contributed by atoms with E-state index in [1.807, 2.05) is 38.1 Å². The second-order valence-corrected chi connectivity index (χ2v) is 5.75. The van der Waals surface area contributed by atoms with Gasteiger partial charge in [-0.15, -0.1) is 0 Å². The van der Waals surface area contributed by atoms with Crippen molar-refractivity contribution in [3.05, 3.63) is 64.7 Å². The molecule has 0 bridgehead atoms. The first kappa shape index (κ1) is 19.5. The Kier molecular flexibility index (Phi) is 6.74. The van der Waals surface area contributed by atoms with E-state index in [9.17, 15) is 9.90 Å². The van der Waals surface area contributed by atoms with E-state index in [1.54, 1.807) is 18.2 Å². The Morgan fingerprint density at radius 3 is 2.58 bits per heavy atom. The SMILES string of the molecule is CO/N=C(\C)c1ccc(OCc2ccccc2C(O)C(=O)OC)c(C)c1. The zero-order chi connectivity index (χ0) is 19.1. The zero-order valence-corrected chi connectivity index (χ0v) is 15.4. The summed E-state index contributed by atoms with van der Waals surface area (Å²) >= 11 is 0. The number of hydrogen-bond acceptors (Lipinski definition) is 6. The van der Waals surface area contributed by atoms with Crippen LogP contribution in [0.5, 0.6) is 5.75 Å². The molecule has 1 unspecified atom stereocenters. The molecule has 0 aliphatic carbocycles. The third-order valence-corrected chi connectivity index (χ3v) is 3.98. The lowest BCUT2D eigenvalue weighted by Crippen LogP contribution is -2.16. The van der Waals surface area contributed by atoms with Crippen LogP contribution < -0.4 is 4.74 Å². The number of aryl methyl sites for hydroxylation is 1. The first-order valence-corrected chi connectivity index (χ1v) is 8.13. The van der Waals surface area contributed by atoms with Crippen LogP contribution in [-0.2, 0) is 21.0 Å². The van der Waals surface area contributed by atoms with Crippen molar-refractivity contribution in [1.29, 1.82) is 0 Å². The highest BCUT2D eigenvalue weighted by Gasteiger charge is 2.21. The molecule has 0 aliphatic heterocycles. The Bertz CT molecular complexity index is 801. The number of carbonyl (C=O) groups is 1. The average Bonchev–Trinajstić information content (AvgIpc) is 2.66. The fourth-order valence-corrected chi connectivity index (χ4v) is 2.55. The van der Waals surface area contributed by atoms with Crippen LogP contribution in [0, 0.1) is 6.92 Å². The summed E-state index contributed by atoms with van der Waals surface area (Å²) in [5.74, 6) is 0.00668. The number of benzene rings is 2. The Labute approximate surface area is 153 Å². The molecule has 2 rings (SSSR count). The van der Waals surface area contributed by atoms with E-state index in [-0.39, 0.29) is 6.61 Å². The molecule has 26 heavy (non-hydrogen) atoms. The summed E-state index contributed by atoms with van der Waals surface area (Å²) < 4.78 is 10.5. The summed E-state index contributed by atoms with van der Waals surface area (Å²) in [6.45, 7) is 4.02. The largest absolute Gasteiger partial charge is 0.489 e. The van der Waals surface area contributed by atoms with Gasteiger partial charge in [0.25, 0.3) is 0 Å². The van der Waals surface area contributed by atoms with Crippen molar-refractivity contribution in [3.8, 4) is 5.75 Å². The number of hydrogen-bond donors (Lipinski definition) is 1. The lowest BCUT2D eigenvalue weighted by molar-refractivity contribution is -0.150. The number of esters is 1. The monoisotopic (exact) mass is 357 g/mol. The second-order valence-electron chi connectivity index (χ2n) is 5.75. The van der Waals surface area contributed by atoms with Crippen LogP contribution in [0.3, 0.4) is 0 Å². The Morgan fingerprint density at radius 1 is 1.19 bits per heavy atom. The summed E-state index contributed by atoms with van der Waals surface area (Å²) in [4.78, 5) is 16.4. The van der Waals surface area contributed by atoms with E-state index in [1.165, 1.54) is 14.2 Å². The van der Waals surface area contributed by atoms with Crippen molar-refractivity contribution in [2.45, 2.75) is 26.6 Å². The van der Waals surface area contributed by atoms with Gasteiger partial charge in [0.05, 0.1) is 12.8 Å². The summed E-state index contributed by atoms with van der Waals surface area (Å²) in [5.41, 5.74) is 3.84. The average molecular weight is 357 g/mol. The molecule has 2 aromatic carbocycles. The van der Waals surface area contributed by atoms with Gasteiger partial charge in [-0.3, -0.25) is 0 Å². The van der Waals surface area contributed by atoms with E-state index in [4.69, 9.17) is 9.57 Å². The summed E-state index contributed by atoms with van der Waals surface area (Å²) in [5, 5.41) is 14.0. The predicted octanol–water partition coefficient (Wildman–Crippen LogP) is 3.15. The first-order chi connectivity index (χ1) is 12.5. The van der Waals surface area contributed by atoms with Crippen molar-refractivity contribution >= 4 is 11.7 Å². The van der Waals surface area contributed by atoms with Crippen LogP contribution in [0.4, 0.5) is 0 Å². The summed E-state index contributed by atoms with van der Waals surface area (Å²) in [7, 11) is 2.75. The number of ether oxygens (including phenoxy) is 2. The number of methoxy groups -OCH3 is 1. The zero-order valence-electron chi connectivity index (χ0n) is 15.4. The van der Waals surface area contributed by atoms with Crippen molar-refractivity contribution in [2.24, 2.45) is 5.16 Å². The lowest BCUT2D eigenvalue weighted by atomic mass is 10.0. The molecule has 0 fully saturated rings. The molecule has 1 atom stereocenters. The summed E-state index contributed by atoms with van der Waals surface area (Å²) in [6, 6.07) is 12.8. The van der Waals surface area contributed by atoms with Gasteiger partial charge >= 0.3 is 5.97 Å². The van der Waals surface area contributed by atoms with Crippen LogP contribution >= 0.6 is 0 Å². The van der Waals surface area contributed by atoms with E-state index in [0.717, 1.165) is 16.8 Å². The van der Waals surface area contributed by atoms with Crippen molar-refractivity contribution in [1.82, 2.24) is 0 Å². The van der Waals surface area contributed by atoms with Crippen LogP contribution in [0.1, 0.15) is 35.3 Å². The van der Waals surface area contributed by atoms with E-state index in [2.05, 4.69) is 9.89 Å². The van der Waals surface area contributed by atoms with Gasteiger partial charge in [-0.2, -0.15) is 0 Å². The molecule has 2 aromatic rings. The highest BCUT2D eigenvalue weighted by atomic mass is 16.6. The minimum atomic E-state index is -1.34. The number of aliphatic hydroxyl groups excluding tert-OH is 1. The predicted molar refractivity (Wildman–Crippen MR) is 98.1 cm³/mol. The normalized spacial score (nSPS) is 12.4. The molecule has 6 heteroatoms. The van der Waals surface area contributed by atoms with Crippen molar-refractivity contribution in [3.63, 3.8) is 0 Å². The maximum Gasteiger partial charge on any atom is 0.339 e. The highest BCUT2D eigenvalue weighted by Crippen LogP contribution is 2.24. The highest BCUT2D eigenvalue weighted by molar-refractivity contribution is 5.98. The minimum absolute atomic E-state index is 0.218. The maximum atomic E-state index is 11.6. The molecule has 6 nitrogen and oxygen atoms in total. The van der Waals surface area contributed by atoms with Gasteiger partial charge in [-0.1, -0.05) is 29.4 Å². The molecule has 0 spiro atoms. The number of oxime groups is 1. The van der Waals surface area contributed by atoms with Crippen LogP contribution in [0.2, 0.25) is 0 Å². The van der Waals surface area contributed by atoms with Crippen LogP contribution in [-0.4, -0.2) is 31.0 Å². The maximum absolute atomic E-state index is 11.6. The Balaban J connectivity index is 2.17. The molecule has 0 amide bonds. The molecule has 138 valence electrons. The third-order valence-electron chi connectivity index (χ3n) is 3.98. The fourth-order valence-electron chi connectivity index (χ4n) is 2.55. The Hall–Kier alpha value is -2.86. The van der Waals surface area contributed by atoms with Gasteiger partial charge in [-0.25, -0.2) is 4.79 Å². The number of aliphatic hydroxyl groups is 1. The first-order valence-electron chi connectivity index (χ1n) is 8.13. The van der Waals surface area contributed by atoms with Crippen molar-refractivity contribution < 1.29 is 24.2 Å². The molecule has 0 heterocycles. The van der Waals surface area contributed by atoms with E-state index in [0.29, 0.717) is 16.9 Å². The van der Waals surface area contributed by atoms with Gasteiger partial charge in [0.1, 0.15) is 19.5 Å². The molecule has 0 radical (unpaired) electrons. The minimum Gasteiger partial charge on any atom is -0.489 e. The standard InChI is InChI=1S/C20H23NO5/c1-13-11-15(14(2)21-25-4)9-10-18(13)26-12-16-7-5-6-8-17(16)19(22)20(23)24-3/h5-11,19,22H,12H2,1-4H3/b21-14+. The Morgan fingerprint density at radius 2 is 1.92 bits per heavy atom. The molecular formula is C20H23NO5. The van der Waals surface area contributed by atoms with Crippen LogP contribution in [0.15, 0.2) is 47.6 Å².